The average Bonchev–Trinajstić information content (AvgIpc) is 2.48. The number of hydrogen-bond acceptors (Lipinski definition) is 4. The van der Waals surface area contributed by atoms with Crippen molar-refractivity contribution in [2.24, 2.45) is 0 Å². The van der Waals surface area contributed by atoms with Crippen LogP contribution in [0.25, 0.3) is 0 Å². The highest BCUT2D eigenvalue weighted by atomic mass is 15.3. The van der Waals surface area contributed by atoms with Crippen LogP contribution in [0.15, 0.2) is 42.6 Å². The molecule has 4 nitrogen and oxygen atoms in total. The molecule has 0 saturated carbocycles. The summed E-state index contributed by atoms with van der Waals surface area (Å²) in [6, 6.07) is 12.3. The van der Waals surface area contributed by atoms with Crippen LogP contribution in [0, 0.1) is 6.92 Å². The van der Waals surface area contributed by atoms with E-state index in [1.807, 2.05) is 24.4 Å². The highest BCUT2D eigenvalue weighted by Crippen LogP contribution is 2.21. The molecule has 1 aromatic carbocycles. The lowest BCUT2D eigenvalue weighted by Crippen LogP contribution is -2.46. The fraction of sp³-hybridized carbons (Fsp3) is 0.312. The van der Waals surface area contributed by atoms with Crippen LogP contribution in [-0.4, -0.2) is 31.2 Å². The lowest BCUT2D eigenvalue weighted by atomic mass is 10.2. The van der Waals surface area contributed by atoms with E-state index in [2.05, 4.69) is 39.9 Å². The number of benzene rings is 1. The van der Waals surface area contributed by atoms with E-state index in [4.69, 9.17) is 5.73 Å². The van der Waals surface area contributed by atoms with E-state index in [0.29, 0.717) is 0 Å². The largest absolute Gasteiger partial charge is 0.399 e. The number of aromatic nitrogens is 1. The number of nitrogens with zero attached hydrogens (tertiary/aromatic N) is 3. The molecule has 2 N–H and O–H groups in total. The van der Waals surface area contributed by atoms with Gasteiger partial charge in [-0.2, -0.15) is 0 Å². The first-order chi connectivity index (χ1) is 9.72. The Morgan fingerprint density at radius 1 is 1.00 bits per heavy atom. The minimum atomic E-state index is 0.824. The Labute approximate surface area is 119 Å². The van der Waals surface area contributed by atoms with E-state index in [1.54, 1.807) is 0 Å². The molecule has 1 aliphatic rings. The summed E-state index contributed by atoms with van der Waals surface area (Å²) >= 11 is 0. The van der Waals surface area contributed by atoms with Gasteiger partial charge in [-0.3, -0.25) is 0 Å². The topological polar surface area (TPSA) is 45.4 Å². The van der Waals surface area contributed by atoms with Crippen molar-refractivity contribution >= 4 is 17.2 Å². The third-order valence-electron chi connectivity index (χ3n) is 3.73. The monoisotopic (exact) mass is 268 g/mol. The van der Waals surface area contributed by atoms with Gasteiger partial charge in [0.1, 0.15) is 5.82 Å². The molecule has 1 fully saturated rings. The molecule has 1 saturated heterocycles. The SMILES string of the molecule is Cc1ccc(N2CCN(c3cccc(N)c3)CC2)nc1. The van der Waals surface area contributed by atoms with Gasteiger partial charge in [0.05, 0.1) is 0 Å². The Hall–Kier alpha value is -2.23. The molecule has 1 aliphatic heterocycles. The maximum absolute atomic E-state index is 5.85. The van der Waals surface area contributed by atoms with Crippen molar-refractivity contribution in [3.63, 3.8) is 0 Å². The Morgan fingerprint density at radius 3 is 2.40 bits per heavy atom. The predicted octanol–water partition coefficient (Wildman–Crippen LogP) is 2.30. The molecule has 0 aliphatic carbocycles. The van der Waals surface area contributed by atoms with Crippen LogP contribution >= 0.6 is 0 Å². The molecule has 0 bridgehead atoms. The van der Waals surface area contributed by atoms with Crippen molar-refractivity contribution in [2.45, 2.75) is 6.92 Å². The smallest absolute Gasteiger partial charge is 0.128 e. The molecule has 1 aromatic heterocycles. The second-order valence-corrected chi connectivity index (χ2v) is 5.26. The standard InChI is InChI=1S/C16H20N4/c1-13-5-6-16(18-12-13)20-9-7-19(8-10-20)15-4-2-3-14(17)11-15/h2-6,11-12H,7-10,17H2,1H3. The number of rotatable bonds is 2. The van der Waals surface area contributed by atoms with E-state index >= 15 is 0 Å². The zero-order chi connectivity index (χ0) is 13.9. The van der Waals surface area contributed by atoms with Crippen LogP contribution in [0.1, 0.15) is 5.56 Å². The molecule has 4 heteroatoms. The van der Waals surface area contributed by atoms with Gasteiger partial charge in [-0.1, -0.05) is 12.1 Å². The van der Waals surface area contributed by atoms with Crippen molar-refractivity contribution in [1.29, 1.82) is 0 Å². The van der Waals surface area contributed by atoms with Crippen molar-refractivity contribution < 1.29 is 0 Å². The van der Waals surface area contributed by atoms with E-state index < -0.39 is 0 Å². The maximum Gasteiger partial charge on any atom is 0.128 e. The molecule has 3 rings (SSSR count). The van der Waals surface area contributed by atoms with Crippen LogP contribution in [0.5, 0.6) is 0 Å². The van der Waals surface area contributed by atoms with Crippen LogP contribution in [0.4, 0.5) is 17.2 Å². The summed E-state index contributed by atoms with van der Waals surface area (Å²) in [6.45, 7) is 6.04. The quantitative estimate of drug-likeness (QED) is 0.849. The summed E-state index contributed by atoms with van der Waals surface area (Å²) in [5.74, 6) is 1.07. The summed E-state index contributed by atoms with van der Waals surface area (Å²) in [7, 11) is 0. The molecule has 2 aromatic rings. The van der Waals surface area contributed by atoms with Crippen LogP contribution in [0.3, 0.4) is 0 Å². The van der Waals surface area contributed by atoms with E-state index in [0.717, 1.165) is 37.7 Å². The van der Waals surface area contributed by atoms with Gasteiger partial charge < -0.3 is 15.5 Å². The summed E-state index contributed by atoms with van der Waals surface area (Å²) in [4.78, 5) is 9.21. The minimum absolute atomic E-state index is 0.824. The summed E-state index contributed by atoms with van der Waals surface area (Å²) < 4.78 is 0. The van der Waals surface area contributed by atoms with E-state index in [-0.39, 0.29) is 0 Å². The van der Waals surface area contributed by atoms with Crippen molar-refractivity contribution in [3.8, 4) is 0 Å². The zero-order valence-corrected chi connectivity index (χ0v) is 11.8. The maximum atomic E-state index is 5.85. The molecular weight excluding hydrogens is 248 g/mol. The van der Waals surface area contributed by atoms with Crippen LogP contribution < -0.4 is 15.5 Å². The second-order valence-electron chi connectivity index (χ2n) is 5.26. The summed E-state index contributed by atoms with van der Waals surface area (Å²) in [5, 5.41) is 0. The van der Waals surface area contributed by atoms with Gasteiger partial charge in [0.15, 0.2) is 0 Å². The number of hydrogen-bond donors (Lipinski definition) is 1. The summed E-state index contributed by atoms with van der Waals surface area (Å²) in [5.41, 5.74) is 9.09. The van der Waals surface area contributed by atoms with Crippen molar-refractivity contribution in [1.82, 2.24) is 4.98 Å². The third-order valence-corrected chi connectivity index (χ3v) is 3.73. The van der Waals surface area contributed by atoms with Crippen LogP contribution in [0.2, 0.25) is 0 Å². The summed E-state index contributed by atoms with van der Waals surface area (Å²) in [6.07, 6.45) is 1.93. The number of anilines is 3. The molecule has 0 radical (unpaired) electrons. The highest BCUT2D eigenvalue weighted by Gasteiger charge is 2.18. The molecule has 2 heterocycles. The Balaban J connectivity index is 1.66. The Morgan fingerprint density at radius 2 is 1.75 bits per heavy atom. The average molecular weight is 268 g/mol. The number of aryl methyl sites for hydroxylation is 1. The first-order valence-electron chi connectivity index (χ1n) is 7.00. The molecule has 0 unspecified atom stereocenters. The number of piperazine rings is 1. The Bertz CT molecular complexity index is 571. The van der Waals surface area contributed by atoms with Gasteiger partial charge in [-0.15, -0.1) is 0 Å². The molecule has 0 atom stereocenters. The van der Waals surface area contributed by atoms with Gasteiger partial charge in [0.2, 0.25) is 0 Å². The van der Waals surface area contributed by atoms with Gasteiger partial charge in [0.25, 0.3) is 0 Å². The molecule has 20 heavy (non-hydrogen) atoms. The van der Waals surface area contributed by atoms with Gasteiger partial charge in [-0.05, 0) is 36.8 Å². The van der Waals surface area contributed by atoms with Crippen LogP contribution in [-0.2, 0) is 0 Å². The lowest BCUT2D eigenvalue weighted by Gasteiger charge is -2.36. The Kier molecular flexibility index (Phi) is 3.46. The van der Waals surface area contributed by atoms with Gasteiger partial charge in [0, 0.05) is 43.8 Å². The number of nitrogens with two attached hydrogens (primary N) is 1. The predicted molar refractivity (Wildman–Crippen MR) is 84.3 cm³/mol. The van der Waals surface area contributed by atoms with Crippen molar-refractivity contribution in [2.75, 3.05) is 41.7 Å². The second kappa shape index (κ2) is 5.41. The van der Waals surface area contributed by atoms with Gasteiger partial charge >= 0.3 is 0 Å². The number of pyridine rings is 1. The fourth-order valence-electron chi connectivity index (χ4n) is 2.56. The normalized spacial score (nSPS) is 15.4. The zero-order valence-electron chi connectivity index (χ0n) is 11.8. The van der Waals surface area contributed by atoms with E-state index in [9.17, 15) is 0 Å². The first-order valence-corrected chi connectivity index (χ1v) is 7.00. The van der Waals surface area contributed by atoms with Gasteiger partial charge in [-0.25, -0.2) is 4.98 Å². The van der Waals surface area contributed by atoms with Crippen molar-refractivity contribution in [3.05, 3.63) is 48.2 Å². The highest BCUT2D eigenvalue weighted by molar-refractivity contribution is 5.57. The molecule has 0 amide bonds. The molecule has 104 valence electrons. The fourth-order valence-corrected chi connectivity index (χ4v) is 2.56. The molecule has 0 spiro atoms. The first kappa shape index (κ1) is 12.8. The lowest BCUT2D eigenvalue weighted by molar-refractivity contribution is 0.647. The number of nitrogen functional groups attached to an aromatic ring is 1. The molecular formula is C16H20N4. The minimum Gasteiger partial charge on any atom is -0.399 e. The third kappa shape index (κ3) is 2.69. The van der Waals surface area contributed by atoms with E-state index in [1.165, 1.54) is 11.3 Å².